The van der Waals surface area contributed by atoms with E-state index in [1.165, 1.54) is 24.3 Å². The molecule has 1 aliphatic rings. The van der Waals surface area contributed by atoms with Crippen molar-refractivity contribution in [3.63, 3.8) is 0 Å². The summed E-state index contributed by atoms with van der Waals surface area (Å²) in [4.78, 5) is 0. The van der Waals surface area contributed by atoms with Gasteiger partial charge in [-0.3, -0.25) is 0 Å². The third-order valence-electron chi connectivity index (χ3n) is 5.17. The topological polar surface area (TPSA) is 81.4 Å². The molecule has 1 saturated carbocycles. The number of nitrogen functional groups attached to an aromatic ring is 1. The molecular formula is C21H26F2N2O3S. The second-order valence-electron chi connectivity index (χ2n) is 7.63. The number of ether oxygens (including phenoxy) is 1. The fourth-order valence-corrected chi connectivity index (χ4v) is 4.42. The second-order valence-corrected chi connectivity index (χ2v) is 9.90. The van der Waals surface area contributed by atoms with Crippen LogP contribution in [-0.2, 0) is 10.0 Å². The molecule has 5 nitrogen and oxygen atoms in total. The van der Waals surface area contributed by atoms with Crippen LogP contribution < -0.4 is 15.2 Å². The highest BCUT2D eigenvalue weighted by atomic mass is 32.2. The zero-order chi connectivity index (χ0) is 21.2. The lowest BCUT2D eigenvalue weighted by Crippen LogP contribution is -2.49. The second kappa shape index (κ2) is 8.67. The van der Waals surface area contributed by atoms with Gasteiger partial charge in [0.15, 0.2) is 0 Å². The van der Waals surface area contributed by atoms with Crippen LogP contribution in [0.4, 0.5) is 14.5 Å². The van der Waals surface area contributed by atoms with Gasteiger partial charge in [-0.2, -0.15) is 0 Å². The quantitative estimate of drug-likeness (QED) is 0.680. The van der Waals surface area contributed by atoms with Gasteiger partial charge in [0.05, 0.1) is 11.3 Å². The predicted octanol–water partition coefficient (Wildman–Crippen LogP) is 4.23. The van der Waals surface area contributed by atoms with Crippen LogP contribution >= 0.6 is 0 Å². The molecule has 158 valence electrons. The molecule has 2 atom stereocenters. The Balaban J connectivity index is 1.79. The summed E-state index contributed by atoms with van der Waals surface area (Å²) in [6.07, 6.45) is 2.79. The van der Waals surface area contributed by atoms with E-state index in [1.54, 1.807) is 19.9 Å². The zero-order valence-electron chi connectivity index (χ0n) is 16.5. The number of hydrogen-bond acceptors (Lipinski definition) is 4. The van der Waals surface area contributed by atoms with Crippen molar-refractivity contribution >= 4 is 15.7 Å². The van der Waals surface area contributed by atoms with E-state index in [1.807, 2.05) is 0 Å². The van der Waals surface area contributed by atoms with Gasteiger partial charge < -0.3 is 10.5 Å². The number of anilines is 1. The number of sulfonamides is 1. The maximum absolute atomic E-state index is 14.7. The van der Waals surface area contributed by atoms with Crippen LogP contribution in [0.15, 0.2) is 36.4 Å². The largest absolute Gasteiger partial charge is 0.489 e. The Morgan fingerprint density at radius 3 is 2.41 bits per heavy atom. The van der Waals surface area contributed by atoms with Gasteiger partial charge in [-0.25, -0.2) is 21.9 Å². The van der Waals surface area contributed by atoms with Gasteiger partial charge in [0.1, 0.15) is 23.5 Å². The van der Waals surface area contributed by atoms with E-state index in [0.717, 1.165) is 18.9 Å². The van der Waals surface area contributed by atoms with Gasteiger partial charge >= 0.3 is 0 Å². The Hall–Kier alpha value is -2.19. The van der Waals surface area contributed by atoms with Gasteiger partial charge in [0.25, 0.3) is 0 Å². The Labute approximate surface area is 170 Å². The lowest BCUT2D eigenvalue weighted by atomic mass is 9.93. The summed E-state index contributed by atoms with van der Waals surface area (Å²) in [5, 5.41) is -0.539. The van der Waals surface area contributed by atoms with Crippen LogP contribution in [0.3, 0.4) is 0 Å². The summed E-state index contributed by atoms with van der Waals surface area (Å²) in [5.41, 5.74) is 6.60. The minimum atomic E-state index is -3.43. The smallest absolute Gasteiger partial charge is 0.214 e. The average molecular weight is 425 g/mol. The minimum absolute atomic E-state index is 0.146. The lowest BCUT2D eigenvalue weighted by Gasteiger charge is -2.32. The molecule has 1 fully saturated rings. The standard InChI is InChI=1S/C21H26F2N2O3S/c1-13(2)29(26,27)25-20-5-3-4-6-21(20)28-15-8-10-16(18(23)12-15)17-9-7-14(22)11-19(17)24/h7-13,20-21,25H,3-6,24H2,1-2H3/t20-,21+/m0/s1. The fourth-order valence-electron chi connectivity index (χ4n) is 3.46. The van der Waals surface area contributed by atoms with Crippen LogP contribution in [0.1, 0.15) is 39.5 Å². The van der Waals surface area contributed by atoms with Crippen molar-refractivity contribution in [2.45, 2.75) is 56.9 Å². The van der Waals surface area contributed by atoms with Crippen molar-refractivity contribution in [3.05, 3.63) is 48.0 Å². The van der Waals surface area contributed by atoms with Crippen LogP contribution in [0, 0.1) is 11.6 Å². The van der Waals surface area contributed by atoms with E-state index in [9.17, 15) is 17.2 Å². The number of hydrogen-bond donors (Lipinski definition) is 2. The number of nitrogens with one attached hydrogen (secondary N) is 1. The molecule has 0 heterocycles. The molecule has 3 N–H and O–H groups in total. The molecule has 3 rings (SSSR count). The summed E-state index contributed by atoms with van der Waals surface area (Å²) in [6.45, 7) is 3.24. The maximum atomic E-state index is 14.7. The number of halogens is 2. The minimum Gasteiger partial charge on any atom is -0.489 e. The van der Waals surface area contributed by atoms with Crippen molar-refractivity contribution in [1.82, 2.24) is 4.72 Å². The molecule has 0 unspecified atom stereocenters. The molecular weight excluding hydrogens is 398 g/mol. The van der Waals surface area contributed by atoms with E-state index in [4.69, 9.17) is 10.5 Å². The zero-order valence-corrected chi connectivity index (χ0v) is 17.3. The summed E-state index contributed by atoms with van der Waals surface area (Å²) >= 11 is 0. The fraction of sp³-hybridized carbons (Fsp3) is 0.429. The summed E-state index contributed by atoms with van der Waals surface area (Å²) in [7, 11) is -3.43. The van der Waals surface area contributed by atoms with Gasteiger partial charge in [-0.1, -0.05) is 6.42 Å². The molecule has 8 heteroatoms. The first-order chi connectivity index (χ1) is 13.7. The first-order valence-electron chi connectivity index (χ1n) is 9.70. The molecule has 2 aromatic rings. The molecule has 1 aliphatic carbocycles. The highest BCUT2D eigenvalue weighted by Crippen LogP contribution is 2.32. The SMILES string of the molecule is CC(C)S(=O)(=O)N[C@H]1CCCC[C@H]1Oc1ccc(-c2ccc(F)cc2N)c(F)c1. The summed E-state index contributed by atoms with van der Waals surface area (Å²) < 4.78 is 61.1. The Morgan fingerprint density at radius 2 is 1.76 bits per heavy atom. The Kier molecular flexibility index (Phi) is 6.43. The number of benzene rings is 2. The maximum Gasteiger partial charge on any atom is 0.214 e. The molecule has 0 spiro atoms. The Bertz CT molecular complexity index is 980. The predicted molar refractivity (Wildman–Crippen MR) is 110 cm³/mol. The highest BCUT2D eigenvalue weighted by Gasteiger charge is 2.31. The number of nitrogens with two attached hydrogens (primary N) is 1. The normalized spacial score (nSPS) is 20.0. The molecule has 0 saturated heterocycles. The third kappa shape index (κ3) is 5.05. The highest BCUT2D eigenvalue weighted by molar-refractivity contribution is 7.90. The van der Waals surface area contributed by atoms with E-state index in [0.29, 0.717) is 24.2 Å². The van der Waals surface area contributed by atoms with Crippen molar-refractivity contribution in [2.75, 3.05) is 5.73 Å². The van der Waals surface area contributed by atoms with E-state index in [2.05, 4.69) is 4.72 Å². The van der Waals surface area contributed by atoms with Crippen molar-refractivity contribution in [2.24, 2.45) is 0 Å². The van der Waals surface area contributed by atoms with E-state index in [-0.39, 0.29) is 23.4 Å². The molecule has 0 amide bonds. The molecule has 29 heavy (non-hydrogen) atoms. The monoisotopic (exact) mass is 424 g/mol. The average Bonchev–Trinajstić information content (AvgIpc) is 2.64. The van der Waals surface area contributed by atoms with Crippen molar-refractivity contribution < 1.29 is 21.9 Å². The molecule has 0 bridgehead atoms. The van der Waals surface area contributed by atoms with Crippen LogP contribution in [0.25, 0.3) is 11.1 Å². The van der Waals surface area contributed by atoms with Crippen LogP contribution in [0.2, 0.25) is 0 Å². The van der Waals surface area contributed by atoms with Crippen LogP contribution in [0.5, 0.6) is 5.75 Å². The summed E-state index contributed by atoms with van der Waals surface area (Å²) in [5.74, 6) is -0.720. The molecule has 0 aromatic heterocycles. The first-order valence-corrected chi connectivity index (χ1v) is 11.2. The number of rotatable bonds is 6. The third-order valence-corrected chi connectivity index (χ3v) is 7.04. The van der Waals surface area contributed by atoms with Gasteiger partial charge in [0.2, 0.25) is 10.0 Å². The molecule has 0 radical (unpaired) electrons. The van der Waals surface area contributed by atoms with Crippen molar-refractivity contribution in [3.8, 4) is 16.9 Å². The molecule has 2 aromatic carbocycles. The van der Waals surface area contributed by atoms with E-state index < -0.39 is 26.9 Å². The molecule has 0 aliphatic heterocycles. The first kappa shape index (κ1) is 21.5. The Morgan fingerprint density at radius 1 is 1.07 bits per heavy atom. The van der Waals surface area contributed by atoms with Gasteiger partial charge in [-0.05, 0) is 63.4 Å². The van der Waals surface area contributed by atoms with Crippen molar-refractivity contribution in [1.29, 1.82) is 0 Å². The van der Waals surface area contributed by atoms with Gasteiger partial charge in [-0.15, -0.1) is 0 Å². The van der Waals surface area contributed by atoms with Crippen LogP contribution in [-0.4, -0.2) is 25.8 Å². The lowest BCUT2D eigenvalue weighted by molar-refractivity contribution is 0.124. The van der Waals surface area contributed by atoms with E-state index >= 15 is 0 Å². The van der Waals surface area contributed by atoms with Gasteiger partial charge in [0, 0.05) is 22.9 Å². The summed E-state index contributed by atoms with van der Waals surface area (Å²) in [6, 6.07) is 7.85.